The number of carbonyl (C=O) groups is 1. The zero-order chi connectivity index (χ0) is 15.4. The van der Waals surface area contributed by atoms with Gasteiger partial charge in [-0.3, -0.25) is 4.79 Å². The number of carbonyl (C=O) groups excluding carboxylic acids is 1. The van der Waals surface area contributed by atoms with Crippen LogP contribution in [0.5, 0.6) is 5.75 Å². The lowest BCUT2D eigenvalue weighted by Gasteiger charge is -2.08. The quantitative estimate of drug-likeness (QED) is 0.580. The van der Waals surface area contributed by atoms with Gasteiger partial charge in [-0.2, -0.15) is 4.39 Å². The Kier molecular flexibility index (Phi) is 5.01. The van der Waals surface area contributed by atoms with Crippen LogP contribution in [0.2, 0.25) is 0 Å². The van der Waals surface area contributed by atoms with Crippen LogP contribution in [0.3, 0.4) is 0 Å². The second kappa shape index (κ2) is 6.76. The molecule has 0 aliphatic carbocycles. The molecule has 0 amide bonds. The van der Waals surface area contributed by atoms with Crippen LogP contribution in [0.25, 0.3) is 0 Å². The van der Waals surface area contributed by atoms with Crippen LogP contribution in [0.4, 0.5) is 13.2 Å². The van der Waals surface area contributed by atoms with Gasteiger partial charge in [0.05, 0.1) is 6.61 Å². The maximum atomic E-state index is 13.4. The topological polar surface area (TPSA) is 26.3 Å². The molecule has 2 nitrogen and oxygen atoms in total. The van der Waals surface area contributed by atoms with Gasteiger partial charge in [-0.05, 0) is 36.4 Å². The highest BCUT2D eigenvalue weighted by Crippen LogP contribution is 2.25. The highest BCUT2D eigenvalue weighted by Gasteiger charge is 2.12. The molecule has 2 aromatic carbocycles. The fourth-order valence-corrected chi connectivity index (χ4v) is 2.08. The minimum Gasteiger partial charge on any atom is -0.490 e. The fourth-order valence-electron chi connectivity index (χ4n) is 1.67. The molecule has 0 unspecified atom stereocenters. The zero-order valence-corrected chi connectivity index (χ0v) is 12.3. The molecule has 21 heavy (non-hydrogen) atoms. The maximum Gasteiger partial charge on any atom is 0.200 e. The third-order valence-corrected chi connectivity index (χ3v) is 3.17. The first kappa shape index (κ1) is 15.6. The third kappa shape index (κ3) is 4.07. The number of rotatable bonds is 5. The molecule has 0 aliphatic rings. The van der Waals surface area contributed by atoms with E-state index in [0.717, 1.165) is 6.07 Å². The van der Waals surface area contributed by atoms with Crippen LogP contribution >= 0.6 is 15.9 Å². The van der Waals surface area contributed by atoms with E-state index >= 15 is 0 Å². The molecule has 0 bridgehead atoms. The van der Waals surface area contributed by atoms with Crippen molar-refractivity contribution >= 4 is 21.7 Å². The highest BCUT2D eigenvalue weighted by molar-refractivity contribution is 9.10. The smallest absolute Gasteiger partial charge is 0.200 e. The highest BCUT2D eigenvalue weighted by atomic mass is 79.9. The predicted octanol–water partition coefficient (Wildman–Crippen LogP) is 4.52. The third-order valence-electron chi connectivity index (χ3n) is 2.71. The molecule has 6 heteroatoms. The first-order valence-electron chi connectivity index (χ1n) is 6.03. The summed E-state index contributed by atoms with van der Waals surface area (Å²) < 4.78 is 44.7. The van der Waals surface area contributed by atoms with Crippen molar-refractivity contribution in [3.8, 4) is 5.75 Å². The minimum atomic E-state index is -1.10. The Labute approximate surface area is 127 Å². The maximum absolute atomic E-state index is 13.4. The number of ketones is 1. The Balaban J connectivity index is 1.95. The van der Waals surface area contributed by atoms with Crippen LogP contribution in [-0.4, -0.2) is 12.4 Å². The second-order valence-corrected chi connectivity index (χ2v) is 5.14. The van der Waals surface area contributed by atoms with Gasteiger partial charge in [-0.25, -0.2) is 8.78 Å². The first-order valence-corrected chi connectivity index (χ1v) is 6.83. The molecule has 0 radical (unpaired) electrons. The van der Waals surface area contributed by atoms with E-state index in [0.29, 0.717) is 10.0 Å². The summed E-state index contributed by atoms with van der Waals surface area (Å²) in [6.07, 6.45) is -0.0286. The summed E-state index contributed by atoms with van der Waals surface area (Å²) in [4.78, 5) is 11.8. The molecule has 0 spiro atoms. The number of Topliss-reactive ketones (excluding diaryl/α,β-unsaturated/α-hetero) is 1. The number of hydrogen-bond donors (Lipinski definition) is 0. The molecule has 2 aromatic rings. The van der Waals surface area contributed by atoms with Crippen LogP contribution in [0, 0.1) is 17.5 Å². The van der Waals surface area contributed by atoms with Crippen molar-refractivity contribution in [3.63, 3.8) is 0 Å². The van der Waals surface area contributed by atoms with Gasteiger partial charge >= 0.3 is 0 Å². The van der Waals surface area contributed by atoms with Crippen LogP contribution < -0.4 is 4.74 Å². The van der Waals surface area contributed by atoms with Crippen LogP contribution in [0.15, 0.2) is 40.9 Å². The normalized spacial score (nSPS) is 10.5. The van der Waals surface area contributed by atoms with Gasteiger partial charge < -0.3 is 4.74 Å². The molecule has 110 valence electrons. The Morgan fingerprint density at radius 1 is 1.10 bits per heavy atom. The van der Waals surface area contributed by atoms with E-state index in [1.54, 1.807) is 0 Å². The Bertz CT molecular complexity index is 657. The van der Waals surface area contributed by atoms with E-state index in [4.69, 9.17) is 4.74 Å². The summed E-state index contributed by atoms with van der Waals surface area (Å²) in [7, 11) is 0. The van der Waals surface area contributed by atoms with Gasteiger partial charge in [0.2, 0.25) is 5.82 Å². The summed E-state index contributed by atoms with van der Waals surface area (Å²) in [5, 5.41) is 0. The first-order chi connectivity index (χ1) is 9.97. The van der Waals surface area contributed by atoms with E-state index in [1.165, 1.54) is 30.3 Å². The zero-order valence-electron chi connectivity index (χ0n) is 10.7. The number of hydrogen-bond acceptors (Lipinski definition) is 2. The number of benzene rings is 2. The standard InChI is InChI=1S/C15H10BrF3O2/c16-10-7-12(18)15(19)14(8-10)21-6-5-13(20)9-1-3-11(17)4-2-9/h1-4,7-8H,5-6H2. The average Bonchev–Trinajstić information content (AvgIpc) is 2.44. The van der Waals surface area contributed by atoms with Gasteiger partial charge in [-0.1, -0.05) is 15.9 Å². The lowest BCUT2D eigenvalue weighted by Crippen LogP contribution is -2.08. The summed E-state index contributed by atoms with van der Waals surface area (Å²) >= 11 is 3.02. The molecule has 0 saturated carbocycles. The summed E-state index contributed by atoms with van der Waals surface area (Å²) in [6, 6.07) is 7.33. The minimum absolute atomic E-state index is 0.0286. The van der Waals surface area contributed by atoms with Crippen molar-refractivity contribution in [2.75, 3.05) is 6.61 Å². The Hall–Kier alpha value is -1.82. The van der Waals surface area contributed by atoms with Crippen LogP contribution in [-0.2, 0) is 0 Å². The fraction of sp³-hybridized carbons (Fsp3) is 0.133. The van der Waals surface area contributed by atoms with E-state index in [-0.39, 0.29) is 24.6 Å². The number of ether oxygens (including phenoxy) is 1. The summed E-state index contributed by atoms with van der Waals surface area (Å²) in [6.45, 7) is -0.108. The number of halogens is 4. The van der Waals surface area contributed by atoms with E-state index in [1.807, 2.05) is 0 Å². The monoisotopic (exact) mass is 358 g/mol. The van der Waals surface area contributed by atoms with E-state index in [9.17, 15) is 18.0 Å². The van der Waals surface area contributed by atoms with E-state index < -0.39 is 17.5 Å². The van der Waals surface area contributed by atoms with E-state index in [2.05, 4.69) is 15.9 Å². The largest absolute Gasteiger partial charge is 0.490 e. The van der Waals surface area contributed by atoms with Gasteiger partial charge in [0.25, 0.3) is 0 Å². The second-order valence-electron chi connectivity index (χ2n) is 4.23. The molecular weight excluding hydrogens is 349 g/mol. The van der Waals surface area contributed by atoms with Crippen molar-refractivity contribution in [2.24, 2.45) is 0 Å². The van der Waals surface area contributed by atoms with Gasteiger partial charge in [-0.15, -0.1) is 0 Å². The lowest BCUT2D eigenvalue weighted by atomic mass is 10.1. The van der Waals surface area contributed by atoms with Crippen molar-refractivity contribution < 1.29 is 22.7 Å². The average molecular weight is 359 g/mol. The Morgan fingerprint density at radius 2 is 1.76 bits per heavy atom. The summed E-state index contributed by atoms with van der Waals surface area (Å²) in [5.41, 5.74) is 0.334. The van der Waals surface area contributed by atoms with Gasteiger partial charge in [0.1, 0.15) is 5.82 Å². The van der Waals surface area contributed by atoms with Crippen molar-refractivity contribution in [1.29, 1.82) is 0 Å². The van der Waals surface area contributed by atoms with Gasteiger partial charge in [0, 0.05) is 16.5 Å². The molecule has 0 aromatic heterocycles. The summed E-state index contributed by atoms with van der Waals surface area (Å²) in [5.74, 6) is -3.12. The lowest BCUT2D eigenvalue weighted by molar-refractivity contribution is 0.0961. The molecule has 0 N–H and O–H groups in total. The van der Waals surface area contributed by atoms with Crippen molar-refractivity contribution in [2.45, 2.75) is 6.42 Å². The van der Waals surface area contributed by atoms with Crippen molar-refractivity contribution in [3.05, 3.63) is 63.9 Å². The molecule has 0 saturated heterocycles. The molecule has 0 heterocycles. The molecule has 0 aliphatic heterocycles. The SMILES string of the molecule is O=C(CCOc1cc(Br)cc(F)c1F)c1ccc(F)cc1. The van der Waals surface area contributed by atoms with Crippen molar-refractivity contribution in [1.82, 2.24) is 0 Å². The van der Waals surface area contributed by atoms with Crippen LogP contribution in [0.1, 0.15) is 16.8 Å². The van der Waals surface area contributed by atoms with Gasteiger partial charge in [0.15, 0.2) is 17.3 Å². The Morgan fingerprint density at radius 3 is 2.43 bits per heavy atom. The molecule has 0 atom stereocenters. The molecule has 0 fully saturated rings. The molecule has 2 rings (SSSR count). The predicted molar refractivity (Wildman–Crippen MR) is 74.9 cm³/mol. The molecular formula is C15H10BrF3O2.